The van der Waals surface area contributed by atoms with E-state index in [-0.39, 0.29) is 31.8 Å². The van der Waals surface area contributed by atoms with E-state index in [9.17, 15) is 0 Å². The molecule has 0 saturated carbocycles. The highest BCUT2D eigenvalue weighted by atomic mass is 127. The molecule has 5 aliphatic rings. The lowest BCUT2D eigenvalue weighted by molar-refractivity contribution is 0.332. The topological polar surface area (TPSA) is 19.6 Å². The Labute approximate surface area is 426 Å². The summed E-state index contributed by atoms with van der Waals surface area (Å²) in [6.45, 7) is 34.8. The third-order valence-electron chi connectivity index (χ3n) is 16.7. The SMILES string of the molecule is C=C/C=C\C(=C)c1cc(C2=CCCC=C2)cc(N2c3cc(C)cc4c3B(c3cc5c(cc3N4c3ccc(C(C)(C)C)cc3)C(C)(C)CCC5(C)C)c3oc4cc5c(cc4c32)C(C)(C)CC[C@]5(C)I)c1. The van der Waals surface area contributed by atoms with Gasteiger partial charge in [-0.1, -0.05) is 153 Å². The van der Waals surface area contributed by atoms with E-state index in [1.54, 1.807) is 0 Å². The smallest absolute Gasteiger partial charge is 0.297 e. The predicted molar refractivity (Wildman–Crippen MR) is 307 cm³/mol. The molecule has 350 valence electrons. The Bertz CT molecular complexity index is 3270. The van der Waals surface area contributed by atoms with Crippen molar-refractivity contribution in [2.75, 3.05) is 9.80 Å². The molecule has 1 aromatic heterocycles. The van der Waals surface area contributed by atoms with Gasteiger partial charge in [-0.25, -0.2) is 0 Å². The standard InChI is InChI=1S/C64H68BIN2O/c1-14-15-19-40(3)42-32-43(41-20-17-16-18-21-41)34-46(33-42)68-55-31-39(2)30-54-57(55)65(59-58(68)47-35-48-51(38-56(47)69-59)64(13,66)29-28-63(48,11)12)52-36-49-50(62(9,10)27-26-61(49,7)8)37-53(52)67(54)45-24-22-44(23-25-45)60(4,5)6/h14-15,17,19-25,30-38H,1,3,16,18,26-29H2,2,4-13H3/b19-15-/t64-/m0/s1. The zero-order valence-electron chi connectivity index (χ0n) is 42.9. The molecule has 69 heavy (non-hydrogen) atoms. The van der Waals surface area contributed by atoms with Crippen LogP contribution in [0.2, 0.25) is 0 Å². The molecule has 0 radical (unpaired) electrons. The van der Waals surface area contributed by atoms with Crippen molar-refractivity contribution in [2.24, 2.45) is 0 Å². The van der Waals surface area contributed by atoms with Crippen LogP contribution < -0.4 is 26.4 Å². The molecule has 0 saturated heterocycles. The highest BCUT2D eigenvalue weighted by Gasteiger charge is 2.50. The second kappa shape index (κ2) is 15.9. The second-order valence-electron chi connectivity index (χ2n) is 24.2. The Morgan fingerprint density at radius 1 is 0.725 bits per heavy atom. The Morgan fingerprint density at radius 2 is 1.38 bits per heavy atom. The van der Waals surface area contributed by atoms with E-state index in [1.165, 1.54) is 83.6 Å². The van der Waals surface area contributed by atoms with Gasteiger partial charge in [0.25, 0.3) is 6.71 Å². The highest BCUT2D eigenvalue weighted by Crippen LogP contribution is 2.55. The largest absolute Gasteiger partial charge is 0.468 e. The average molecular weight is 1020 g/mol. The molecule has 3 nitrogen and oxygen atoms in total. The molecule has 3 aliphatic carbocycles. The zero-order chi connectivity index (χ0) is 48.7. The van der Waals surface area contributed by atoms with E-state index in [1.807, 2.05) is 12.2 Å². The average Bonchev–Trinajstić information content (AvgIpc) is 3.68. The number of rotatable bonds is 6. The molecule has 2 aliphatic heterocycles. The molecule has 11 rings (SSSR count). The van der Waals surface area contributed by atoms with Gasteiger partial charge < -0.3 is 14.2 Å². The Kier molecular flexibility index (Phi) is 10.6. The first-order valence-electron chi connectivity index (χ1n) is 25.4. The van der Waals surface area contributed by atoms with Crippen LogP contribution in [0.25, 0.3) is 22.1 Å². The number of fused-ring (bicyclic) bond motifs is 8. The van der Waals surface area contributed by atoms with Crippen LogP contribution in [-0.2, 0) is 25.1 Å². The van der Waals surface area contributed by atoms with E-state index < -0.39 is 0 Å². The highest BCUT2D eigenvalue weighted by molar-refractivity contribution is 14.1. The molecule has 0 fully saturated rings. The molecule has 0 unspecified atom stereocenters. The summed E-state index contributed by atoms with van der Waals surface area (Å²) in [7, 11) is 0. The van der Waals surface area contributed by atoms with Gasteiger partial charge in [-0.05, 0) is 201 Å². The van der Waals surface area contributed by atoms with Gasteiger partial charge >= 0.3 is 0 Å². The molecule has 6 aromatic rings. The van der Waals surface area contributed by atoms with E-state index in [0.29, 0.717) is 0 Å². The first kappa shape index (κ1) is 46.1. The summed E-state index contributed by atoms with van der Waals surface area (Å²) >= 11 is 2.72. The monoisotopic (exact) mass is 1020 g/mol. The summed E-state index contributed by atoms with van der Waals surface area (Å²) in [6, 6.07) is 31.6. The second-order valence-corrected chi connectivity index (χ2v) is 26.5. The summed E-state index contributed by atoms with van der Waals surface area (Å²) in [5.41, 5.74) is 24.5. The van der Waals surface area contributed by atoms with Gasteiger partial charge in [-0.15, -0.1) is 0 Å². The van der Waals surface area contributed by atoms with Crippen molar-refractivity contribution in [1.82, 2.24) is 0 Å². The lowest BCUT2D eigenvalue weighted by Crippen LogP contribution is -2.61. The molecule has 5 aromatic carbocycles. The van der Waals surface area contributed by atoms with E-state index in [0.717, 1.165) is 72.3 Å². The maximum atomic E-state index is 7.69. The number of halogens is 1. The minimum Gasteiger partial charge on any atom is -0.468 e. The van der Waals surface area contributed by atoms with Crippen molar-refractivity contribution < 1.29 is 4.42 Å². The number of nitrogens with zero attached hydrogens (tertiary/aromatic N) is 2. The van der Waals surface area contributed by atoms with Crippen molar-refractivity contribution in [2.45, 2.75) is 140 Å². The molecule has 0 bridgehead atoms. The number of hydrogen-bond donors (Lipinski definition) is 0. The summed E-state index contributed by atoms with van der Waals surface area (Å²) in [5.74, 6) is 0. The van der Waals surface area contributed by atoms with E-state index in [4.69, 9.17) is 4.42 Å². The number of alkyl halides is 1. The number of furan rings is 1. The van der Waals surface area contributed by atoms with Gasteiger partial charge in [0.15, 0.2) is 0 Å². The Morgan fingerprint density at radius 3 is 2.03 bits per heavy atom. The van der Waals surface area contributed by atoms with Gasteiger partial charge in [0.05, 0.1) is 11.3 Å². The van der Waals surface area contributed by atoms with Crippen LogP contribution in [0.1, 0.15) is 152 Å². The molecular weight excluding hydrogens is 950 g/mol. The normalized spacial score (nSPS) is 20.5. The van der Waals surface area contributed by atoms with Gasteiger partial charge in [-0.2, -0.15) is 0 Å². The lowest BCUT2D eigenvalue weighted by atomic mass is 9.35. The third-order valence-corrected chi connectivity index (χ3v) is 17.8. The minimum absolute atomic E-state index is 0.00124. The minimum atomic E-state index is -0.145. The van der Waals surface area contributed by atoms with Crippen LogP contribution in [0, 0.1) is 6.92 Å². The van der Waals surface area contributed by atoms with Crippen LogP contribution in [0.4, 0.5) is 34.1 Å². The van der Waals surface area contributed by atoms with Gasteiger partial charge in [-0.3, -0.25) is 0 Å². The van der Waals surface area contributed by atoms with Crippen LogP contribution >= 0.6 is 22.6 Å². The van der Waals surface area contributed by atoms with Crippen molar-refractivity contribution in [1.29, 1.82) is 0 Å². The maximum absolute atomic E-state index is 7.69. The number of allylic oxidation sites excluding steroid dienone is 8. The van der Waals surface area contributed by atoms with Crippen molar-refractivity contribution in [3.8, 4) is 0 Å². The maximum Gasteiger partial charge on any atom is 0.297 e. The summed E-state index contributed by atoms with van der Waals surface area (Å²) in [4.78, 5) is 5.18. The molecule has 0 amide bonds. The predicted octanol–water partition coefficient (Wildman–Crippen LogP) is 16.7. The number of hydrogen-bond acceptors (Lipinski definition) is 3. The molecular formula is C64H68BIN2O. The molecule has 3 heterocycles. The van der Waals surface area contributed by atoms with Crippen LogP contribution in [0.5, 0.6) is 0 Å². The first-order valence-corrected chi connectivity index (χ1v) is 26.5. The number of anilines is 6. The van der Waals surface area contributed by atoms with Crippen LogP contribution in [0.15, 0.2) is 133 Å². The first-order chi connectivity index (χ1) is 32.6. The lowest BCUT2D eigenvalue weighted by Gasteiger charge is -2.46. The number of benzene rings is 5. The van der Waals surface area contributed by atoms with E-state index >= 15 is 0 Å². The quantitative estimate of drug-likeness (QED) is 0.0716. The molecule has 5 heteroatoms. The van der Waals surface area contributed by atoms with Crippen LogP contribution in [-0.4, -0.2) is 6.71 Å². The van der Waals surface area contributed by atoms with Crippen molar-refractivity contribution in [3.63, 3.8) is 0 Å². The third kappa shape index (κ3) is 7.41. The molecule has 0 spiro atoms. The molecule has 1 atom stereocenters. The fourth-order valence-electron chi connectivity index (χ4n) is 12.4. The van der Waals surface area contributed by atoms with Gasteiger partial charge in [0, 0.05) is 37.2 Å². The Hall–Kier alpha value is -5.27. The summed E-state index contributed by atoms with van der Waals surface area (Å²) < 4.78 is 7.69. The van der Waals surface area contributed by atoms with Crippen LogP contribution in [0.3, 0.4) is 0 Å². The zero-order valence-corrected chi connectivity index (χ0v) is 45.0. The fraction of sp³-hybridized carbons (Fsp3) is 0.344. The number of aryl methyl sites for hydroxylation is 1. The van der Waals surface area contributed by atoms with Gasteiger partial charge in [0.1, 0.15) is 5.58 Å². The molecule has 0 N–H and O–H groups in total. The summed E-state index contributed by atoms with van der Waals surface area (Å²) in [6.07, 6.45) is 19.5. The van der Waals surface area contributed by atoms with Crippen molar-refractivity contribution >= 4 is 102 Å². The fourth-order valence-corrected chi connectivity index (χ4v) is 13.1. The Balaban J connectivity index is 1.28. The van der Waals surface area contributed by atoms with Gasteiger partial charge in [0.2, 0.25) is 0 Å². The van der Waals surface area contributed by atoms with Crippen molar-refractivity contribution in [3.05, 3.63) is 173 Å². The summed E-state index contributed by atoms with van der Waals surface area (Å²) in [5, 5.41) is 1.18. The van der Waals surface area contributed by atoms with E-state index in [2.05, 4.69) is 225 Å².